The van der Waals surface area contributed by atoms with Crippen molar-refractivity contribution in [3.05, 3.63) is 86.8 Å². The zero-order valence-corrected chi connectivity index (χ0v) is 24.3. The number of rotatable bonds is 4. The van der Waals surface area contributed by atoms with Crippen molar-refractivity contribution in [1.82, 2.24) is 14.4 Å². The Morgan fingerprint density at radius 1 is 1.10 bits per heavy atom. The second kappa shape index (κ2) is 9.46. The number of thiazole rings is 1. The molecule has 2 N–H and O–H groups in total. The van der Waals surface area contributed by atoms with E-state index in [4.69, 9.17) is 4.74 Å². The highest BCUT2D eigenvalue weighted by molar-refractivity contribution is 9.10. The van der Waals surface area contributed by atoms with Crippen molar-refractivity contribution in [2.45, 2.75) is 26.8 Å². The van der Waals surface area contributed by atoms with Crippen LogP contribution in [0.1, 0.15) is 34.1 Å². The van der Waals surface area contributed by atoms with Crippen LogP contribution < -0.4 is 9.64 Å². The molecule has 9 nitrogen and oxygen atoms in total. The van der Waals surface area contributed by atoms with Crippen LogP contribution in [0.5, 0.6) is 11.5 Å². The predicted octanol–water partition coefficient (Wildman–Crippen LogP) is 5.97. The van der Waals surface area contributed by atoms with E-state index in [9.17, 15) is 19.8 Å². The number of phenolic OH excluding ortho intramolecular Hbond substituents is 1. The summed E-state index contributed by atoms with van der Waals surface area (Å²) in [6.45, 7) is 5.65. The van der Waals surface area contributed by atoms with Crippen molar-refractivity contribution < 1.29 is 24.5 Å². The van der Waals surface area contributed by atoms with Gasteiger partial charge in [-0.2, -0.15) is 0 Å². The van der Waals surface area contributed by atoms with E-state index >= 15 is 0 Å². The van der Waals surface area contributed by atoms with Crippen molar-refractivity contribution in [2.24, 2.45) is 0 Å². The Balaban J connectivity index is 1.63. The van der Waals surface area contributed by atoms with E-state index in [1.165, 1.54) is 29.4 Å². The minimum Gasteiger partial charge on any atom is -0.505 e. The van der Waals surface area contributed by atoms with Crippen molar-refractivity contribution in [1.29, 1.82) is 0 Å². The van der Waals surface area contributed by atoms with Crippen LogP contribution in [0.3, 0.4) is 0 Å². The van der Waals surface area contributed by atoms with Gasteiger partial charge in [0.2, 0.25) is 0 Å². The monoisotopic (exact) mass is 618 g/mol. The Morgan fingerprint density at radius 2 is 1.88 bits per heavy atom. The molecule has 1 fully saturated rings. The number of aromatic nitrogens is 3. The molecule has 4 heterocycles. The van der Waals surface area contributed by atoms with E-state index in [2.05, 4.69) is 25.9 Å². The summed E-state index contributed by atoms with van der Waals surface area (Å²) < 4.78 is 8.34. The number of carbonyl (C=O) groups is 2. The number of aliphatic hydroxyl groups is 1. The van der Waals surface area contributed by atoms with Gasteiger partial charge in [0, 0.05) is 6.20 Å². The third-order valence-electron chi connectivity index (χ3n) is 7.08. The number of Topliss-reactive ketones (excluding diaryl/α,β-unsaturated/α-hetero) is 1. The highest BCUT2D eigenvalue weighted by atomic mass is 79.9. The molecule has 0 spiro atoms. The van der Waals surface area contributed by atoms with Gasteiger partial charge in [0.1, 0.15) is 11.3 Å². The summed E-state index contributed by atoms with van der Waals surface area (Å²) in [5, 5.41) is 22.5. The molecule has 1 amide bonds. The van der Waals surface area contributed by atoms with Gasteiger partial charge in [-0.1, -0.05) is 23.5 Å². The molecule has 5 aromatic rings. The zero-order chi connectivity index (χ0) is 28.5. The SMILES string of the molecule is COc1cc(C2C(=C(O)c3nc4c(C)cccn4c3C)C(=O)C(=O)N2c2nc3ccc(C)cc3s2)cc(Br)c1O. The Morgan fingerprint density at radius 3 is 2.60 bits per heavy atom. The smallest absolute Gasteiger partial charge is 0.301 e. The van der Waals surface area contributed by atoms with Gasteiger partial charge in [0.05, 0.1) is 39.1 Å². The lowest BCUT2D eigenvalue weighted by Gasteiger charge is -2.23. The number of benzene rings is 2. The van der Waals surface area contributed by atoms with E-state index in [-0.39, 0.29) is 22.8 Å². The number of methoxy groups -OCH3 is 1. The second-order valence-electron chi connectivity index (χ2n) is 9.62. The average molecular weight is 619 g/mol. The Hall–Kier alpha value is -4.22. The van der Waals surface area contributed by atoms with Crippen LogP contribution in [0.2, 0.25) is 0 Å². The topological polar surface area (TPSA) is 117 Å². The zero-order valence-electron chi connectivity index (χ0n) is 21.9. The molecule has 0 aliphatic carbocycles. The van der Waals surface area contributed by atoms with E-state index in [1.54, 1.807) is 13.0 Å². The van der Waals surface area contributed by atoms with Crippen LogP contribution >= 0.6 is 27.3 Å². The minimum absolute atomic E-state index is 0.134. The lowest BCUT2D eigenvalue weighted by Crippen LogP contribution is -2.29. The standard InChI is InChI=1S/C29H23BrN4O5S/c1-13-7-8-18-20(10-13)40-29(31-18)34-23(16-11-17(30)24(35)19(12-16)39-4)21(26(37)28(34)38)25(36)22-15(3)33-9-5-6-14(2)27(33)32-22/h5-12,23,35-36H,1-4H3. The van der Waals surface area contributed by atoms with E-state index < -0.39 is 23.5 Å². The molecule has 11 heteroatoms. The molecule has 2 aromatic carbocycles. The van der Waals surface area contributed by atoms with Gasteiger partial charge in [-0.15, -0.1) is 0 Å². The maximum absolute atomic E-state index is 13.7. The van der Waals surface area contributed by atoms with Crippen LogP contribution in [0, 0.1) is 20.8 Å². The summed E-state index contributed by atoms with van der Waals surface area (Å²) in [6.07, 6.45) is 1.82. The summed E-state index contributed by atoms with van der Waals surface area (Å²) in [5.41, 5.74) is 4.33. The molecule has 0 radical (unpaired) electrons. The molecule has 1 atom stereocenters. The number of hydrogen-bond acceptors (Lipinski definition) is 8. The Kier molecular flexibility index (Phi) is 6.15. The number of aliphatic hydroxyl groups excluding tert-OH is 1. The number of halogens is 1. The summed E-state index contributed by atoms with van der Waals surface area (Å²) in [6, 6.07) is 11.6. The van der Waals surface area contributed by atoms with Gasteiger partial charge in [0.15, 0.2) is 22.4 Å². The number of anilines is 1. The van der Waals surface area contributed by atoms with Crippen LogP contribution in [-0.4, -0.2) is 43.4 Å². The molecule has 1 unspecified atom stereocenters. The molecule has 3 aromatic heterocycles. The summed E-state index contributed by atoms with van der Waals surface area (Å²) in [4.78, 5) is 38.0. The number of amides is 1. The molecule has 0 bridgehead atoms. The molecule has 40 heavy (non-hydrogen) atoms. The van der Waals surface area contributed by atoms with Gasteiger partial charge in [-0.3, -0.25) is 14.5 Å². The predicted molar refractivity (Wildman–Crippen MR) is 156 cm³/mol. The Bertz CT molecular complexity index is 1920. The quantitative estimate of drug-likeness (QED) is 0.145. The lowest BCUT2D eigenvalue weighted by molar-refractivity contribution is -0.132. The summed E-state index contributed by atoms with van der Waals surface area (Å²) >= 11 is 4.62. The van der Waals surface area contributed by atoms with E-state index in [0.29, 0.717) is 32.0 Å². The molecular weight excluding hydrogens is 596 g/mol. The lowest BCUT2D eigenvalue weighted by atomic mass is 9.96. The molecule has 1 saturated heterocycles. The number of fused-ring (bicyclic) bond motifs is 2. The number of ether oxygens (including phenoxy) is 1. The number of imidazole rings is 1. The maximum atomic E-state index is 13.7. The van der Waals surface area contributed by atoms with Gasteiger partial charge in [-0.05, 0) is 83.7 Å². The molecular formula is C29H23BrN4O5S. The average Bonchev–Trinajstić information content (AvgIpc) is 3.57. The first-order chi connectivity index (χ1) is 19.1. The molecule has 0 saturated carbocycles. The highest BCUT2D eigenvalue weighted by Crippen LogP contribution is 2.47. The second-order valence-corrected chi connectivity index (χ2v) is 11.5. The summed E-state index contributed by atoms with van der Waals surface area (Å²) in [5.74, 6) is -2.09. The number of hydrogen-bond donors (Lipinski definition) is 2. The van der Waals surface area contributed by atoms with Crippen LogP contribution in [0.4, 0.5) is 5.13 Å². The number of phenols is 1. The highest BCUT2D eigenvalue weighted by Gasteiger charge is 2.49. The van der Waals surface area contributed by atoms with Crippen LogP contribution in [0.25, 0.3) is 21.6 Å². The first kappa shape index (κ1) is 26.0. The normalized spacial score (nSPS) is 16.9. The van der Waals surface area contributed by atoms with Gasteiger partial charge < -0.3 is 19.4 Å². The largest absolute Gasteiger partial charge is 0.505 e. The van der Waals surface area contributed by atoms with Gasteiger partial charge >= 0.3 is 5.91 Å². The molecule has 6 rings (SSSR count). The van der Waals surface area contributed by atoms with Crippen LogP contribution in [0.15, 0.2) is 58.7 Å². The Labute approximate surface area is 241 Å². The summed E-state index contributed by atoms with van der Waals surface area (Å²) in [7, 11) is 1.40. The first-order valence-corrected chi connectivity index (χ1v) is 13.9. The number of nitrogens with zero attached hydrogens (tertiary/aromatic N) is 4. The first-order valence-electron chi connectivity index (χ1n) is 12.3. The minimum atomic E-state index is -1.07. The number of carbonyl (C=O) groups excluding carboxylic acids is 2. The fourth-order valence-corrected chi connectivity index (χ4v) is 6.60. The van der Waals surface area contributed by atoms with Crippen molar-refractivity contribution in [2.75, 3.05) is 12.0 Å². The fraction of sp³-hybridized carbons (Fsp3) is 0.172. The molecule has 1 aliphatic rings. The van der Waals surface area contributed by atoms with Crippen LogP contribution in [-0.2, 0) is 9.59 Å². The van der Waals surface area contributed by atoms with Crippen molar-refractivity contribution in [3.63, 3.8) is 0 Å². The number of pyridine rings is 1. The molecule has 202 valence electrons. The van der Waals surface area contributed by atoms with E-state index in [1.807, 2.05) is 54.8 Å². The van der Waals surface area contributed by atoms with Crippen molar-refractivity contribution in [3.8, 4) is 11.5 Å². The van der Waals surface area contributed by atoms with Crippen molar-refractivity contribution >= 4 is 65.7 Å². The number of aromatic hydroxyl groups is 1. The van der Waals surface area contributed by atoms with Gasteiger partial charge in [-0.25, -0.2) is 9.97 Å². The number of ketones is 1. The number of aryl methyl sites for hydroxylation is 3. The fourth-order valence-electron chi connectivity index (χ4n) is 5.05. The third kappa shape index (κ3) is 3.88. The maximum Gasteiger partial charge on any atom is 0.301 e. The molecule has 1 aliphatic heterocycles. The van der Waals surface area contributed by atoms with Gasteiger partial charge in [0.25, 0.3) is 5.78 Å². The van der Waals surface area contributed by atoms with E-state index in [0.717, 1.165) is 15.8 Å². The third-order valence-corrected chi connectivity index (χ3v) is 8.70.